The molecule has 0 spiro atoms. The zero-order valence-corrected chi connectivity index (χ0v) is 12.9. The Labute approximate surface area is 129 Å². The van der Waals surface area contributed by atoms with Gasteiger partial charge in [0, 0.05) is 32.2 Å². The minimum Gasteiger partial charge on any atom is -0.353 e. The molecule has 1 saturated carbocycles. The molecule has 1 atom stereocenters. The quantitative estimate of drug-likeness (QED) is 0.896. The molecule has 2 fully saturated rings. The number of anilines is 1. The van der Waals surface area contributed by atoms with Gasteiger partial charge in [-0.25, -0.2) is 9.97 Å². The first-order chi connectivity index (χ1) is 10.1. The number of piperazine rings is 1. The molecule has 6 nitrogen and oxygen atoms in total. The molecule has 1 amide bonds. The van der Waals surface area contributed by atoms with Crippen LogP contribution < -0.4 is 10.2 Å². The van der Waals surface area contributed by atoms with E-state index in [9.17, 15) is 4.79 Å². The van der Waals surface area contributed by atoms with Gasteiger partial charge in [0.1, 0.15) is 11.3 Å². The van der Waals surface area contributed by atoms with E-state index in [0.29, 0.717) is 11.1 Å². The average Bonchev–Trinajstić information content (AvgIpc) is 3.31. The summed E-state index contributed by atoms with van der Waals surface area (Å²) in [5, 5.41) is 3.64. The van der Waals surface area contributed by atoms with Gasteiger partial charge in [0.25, 0.3) is 0 Å². The lowest BCUT2D eigenvalue weighted by Gasteiger charge is -2.38. The minimum absolute atomic E-state index is 0.0754. The highest BCUT2D eigenvalue weighted by molar-refractivity contribution is 6.32. The Bertz CT molecular complexity index is 514. The van der Waals surface area contributed by atoms with E-state index in [2.05, 4.69) is 25.1 Å². The van der Waals surface area contributed by atoms with E-state index < -0.39 is 0 Å². The third-order valence-corrected chi connectivity index (χ3v) is 4.38. The third kappa shape index (κ3) is 3.44. The van der Waals surface area contributed by atoms with Gasteiger partial charge in [-0.1, -0.05) is 11.6 Å². The molecule has 1 aliphatic carbocycles. The maximum absolute atomic E-state index is 12.1. The standard InChI is InChI=1S/C14H20ClN5O/c1-10(14(21)18-11-2-3-11)19-4-6-20(7-5-19)13-12(15)8-16-9-17-13/h8-11H,2-7H2,1H3,(H,18,21). The number of hydrogen-bond acceptors (Lipinski definition) is 5. The molecular formula is C14H20ClN5O. The first-order valence-electron chi connectivity index (χ1n) is 7.40. The number of amides is 1. The summed E-state index contributed by atoms with van der Waals surface area (Å²) < 4.78 is 0. The summed E-state index contributed by atoms with van der Waals surface area (Å²) in [6.07, 6.45) is 5.37. The van der Waals surface area contributed by atoms with Gasteiger partial charge in [0.2, 0.25) is 5.91 Å². The largest absolute Gasteiger partial charge is 0.353 e. The molecule has 114 valence electrons. The highest BCUT2D eigenvalue weighted by atomic mass is 35.5. The van der Waals surface area contributed by atoms with Crippen molar-refractivity contribution in [2.24, 2.45) is 0 Å². The first-order valence-corrected chi connectivity index (χ1v) is 7.78. The van der Waals surface area contributed by atoms with E-state index in [0.717, 1.165) is 44.8 Å². The molecule has 2 heterocycles. The number of hydrogen-bond donors (Lipinski definition) is 1. The Morgan fingerprint density at radius 1 is 1.38 bits per heavy atom. The molecule has 1 N–H and O–H groups in total. The van der Waals surface area contributed by atoms with Gasteiger partial charge >= 0.3 is 0 Å². The SMILES string of the molecule is CC(C(=O)NC1CC1)N1CCN(c2ncncc2Cl)CC1. The first kappa shape index (κ1) is 14.5. The van der Waals surface area contributed by atoms with Crippen molar-refractivity contribution in [1.29, 1.82) is 0 Å². The summed E-state index contributed by atoms with van der Waals surface area (Å²) in [6, 6.07) is 0.342. The van der Waals surface area contributed by atoms with Crippen LogP contribution in [0.15, 0.2) is 12.5 Å². The van der Waals surface area contributed by atoms with E-state index >= 15 is 0 Å². The van der Waals surface area contributed by atoms with E-state index in [1.807, 2.05) is 6.92 Å². The van der Waals surface area contributed by atoms with Crippen LogP contribution >= 0.6 is 11.6 Å². The minimum atomic E-state index is -0.0754. The van der Waals surface area contributed by atoms with Crippen LogP contribution in [-0.2, 0) is 4.79 Å². The van der Waals surface area contributed by atoms with Crippen molar-refractivity contribution >= 4 is 23.3 Å². The molecule has 3 rings (SSSR count). The van der Waals surface area contributed by atoms with Crippen LogP contribution in [0.3, 0.4) is 0 Å². The van der Waals surface area contributed by atoms with Gasteiger partial charge < -0.3 is 10.2 Å². The van der Waals surface area contributed by atoms with Crippen molar-refractivity contribution in [3.63, 3.8) is 0 Å². The zero-order valence-electron chi connectivity index (χ0n) is 12.1. The predicted octanol–water partition coefficient (Wildman–Crippen LogP) is 0.919. The van der Waals surface area contributed by atoms with Crippen molar-refractivity contribution in [1.82, 2.24) is 20.2 Å². The number of carbonyl (C=O) groups is 1. The van der Waals surface area contributed by atoms with Crippen LogP contribution in [0.2, 0.25) is 5.02 Å². The lowest BCUT2D eigenvalue weighted by Crippen LogP contribution is -2.54. The van der Waals surface area contributed by atoms with Gasteiger partial charge in [-0.05, 0) is 19.8 Å². The van der Waals surface area contributed by atoms with Crippen molar-refractivity contribution in [3.8, 4) is 0 Å². The molecule has 0 radical (unpaired) electrons. The summed E-state index contributed by atoms with van der Waals surface area (Å²) in [7, 11) is 0. The second kappa shape index (κ2) is 6.15. The molecule has 1 unspecified atom stereocenters. The summed E-state index contributed by atoms with van der Waals surface area (Å²) in [5.41, 5.74) is 0. The van der Waals surface area contributed by atoms with Gasteiger partial charge in [0.05, 0.1) is 12.2 Å². The normalized spacial score (nSPS) is 21.1. The molecule has 1 aromatic heterocycles. The smallest absolute Gasteiger partial charge is 0.237 e. The van der Waals surface area contributed by atoms with Crippen molar-refractivity contribution in [2.75, 3.05) is 31.1 Å². The Morgan fingerprint density at radius 3 is 2.71 bits per heavy atom. The van der Waals surface area contributed by atoms with E-state index in [4.69, 9.17) is 11.6 Å². The highest BCUT2D eigenvalue weighted by Crippen LogP contribution is 2.23. The van der Waals surface area contributed by atoms with Crippen LogP contribution in [0.4, 0.5) is 5.82 Å². The monoisotopic (exact) mass is 309 g/mol. The molecule has 1 aromatic rings. The van der Waals surface area contributed by atoms with Crippen LogP contribution in [-0.4, -0.2) is 59.0 Å². The van der Waals surface area contributed by atoms with Crippen molar-refractivity contribution < 1.29 is 4.79 Å². The Morgan fingerprint density at radius 2 is 2.10 bits per heavy atom. The molecule has 0 bridgehead atoms. The fourth-order valence-electron chi connectivity index (χ4n) is 2.58. The van der Waals surface area contributed by atoms with E-state index in [1.54, 1.807) is 6.20 Å². The molecule has 21 heavy (non-hydrogen) atoms. The molecule has 0 aromatic carbocycles. The summed E-state index contributed by atoms with van der Waals surface area (Å²) in [6.45, 7) is 5.28. The topological polar surface area (TPSA) is 61.4 Å². The van der Waals surface area contributed by atoms with Crippen LogP contribution in [0, 0.1) is 0 Å². The van der Waals surface area contributed by atoms with E-state index in [1.165, 1.54) is 6.33 Å². The van der Waals surface area contributed by atoms with Crippen molar-refractivity contribution in [2.45, 2.75) is 31.8 Å². The van der Waals surface area contributed by atoms with Crippen LogP contribution in [0.1, 0.15) is 19.8 Å². The fourth-order valence-corrected chi connectivity index (χ4v) is 2.80. The van der Waals surface area contributed by atoms with Crippen LogP contribution in [0.25, 0.3) is 0 Å². The summed E-state index contributed by atoms with van der Waals surface area (Å²) in [5.74, 6) is 0.924. The number of nitrogens with zero attached hydrogens (tertiary/aromatic N) is 4. The third-order valence-electron chi connectivity index (χ3n) is 4.11. The maximum Gasteiger partial charge on any atom is 0.237 e. The summed E-state index contributed by atoms with van der Waals surface area (Å²) in [4.78, 5) is 24.6. The predicted molar refractivity (Wildman–Crippen MR) is 81.5 cm³/mol. The molecule has 7 heteroatoms. The number of rotatable bonds is 4. The van der Waals surface area contributed by atoms with Crippen LogP contribution in [0.5, 0.6) is 0 Å². The second-order valence-electron chi connectivity index (χ2n) is 5.68. The summed E-state index contributed by atoms with van der Waals surface area (Å²) >= 11 is 6.13. The molecule has 1 aliphatic heterocycles. The lowest BCUT2D eigenvalue weighted by molar-refractivity contribution is -0.126. The van der Waals surface area contributed by atoms with Gasteiger partial charge in [-0.3, -0.25) is 9.69 Å². The highest BCUT2D eigenvalue weighted by Gasteiger charge is 2.30. The number of nitrogens with one attached hydrogen (secondary N) is 1. The number of halogens is 1. The Balaban J connectivity index is 1.54. The number of aromatic nitrogens is 2. The Hall–Kier alpha value is -1.40. The van der Waals surface area contributed by atoms with Gasteiger partial charge in [-0.15, -0.1) is 0 Å². The van der Waals surface area contributed by atoms with E-state index in [-0.39, 0.29) is 11.9 Å². The zero-order chi connectivity index (χ0) is 14.8. The molecule has 2 aliphatic rings. The Kier molecular flexibility index (Phi) is 4.26. The van der Waals surface area contributed by atoms with Crippen molar-refractivity contribution in [3.05, 3.63) is 17.5 Å². The number of carbonyl (C=O) groups excluding carboxylic acids is 1. The van der Waals surface area contributed by atoms with Gasteiger partial charge in [0.15, 0.2) is 5.82 Å². The molecule has 1 saturated heterocycles. The second-order valence-corrected chi connectivity index (χ2v) is 6.08. The fraction of sp³-hybridized carbons (Fsp3) is 0.643. The average molecular weight is 310 g/mol. The lowest BCUT2D eigenvalue weighted by atomic mass is 10.2. The maximum atomic E-state index is 12.1. The molecular weight excluding hydrogens is 290 g/mol. The van der Waals surface area contributed by atoms with Gasteiger partial charge in [-0.2, -0.15) is 0 Å².